The first-order chi connectivity index (χ1) is 14.6. The van der Waals surface area contributed by atoms with Gasteiger partial charge in [-0.15, -0.1) is 0 Å². The fraction of sp³-hybridized carbons (Fsp3) is 0.778. The zero-order valence-electron chi connectivity index (χ0n) is 19.6. The topological polar surface area (TPSA) is 73.2 Å². The van der Waals surface area contributed by atoms with Gasteiger partial charge in [-0.1, -0.05) is 38.2 Å². The minimum atomic E-state index is -0.625. The molecule has 1 aliphatic heterocycles. The Balaban J connectivity index is 1.44. The van der Waals surface area contributed by atoms with Gasteiger partial charge in [0.2, 0.25) is 0 Å². The molecule has 3 saturated carbocycles. The fourth-order valence-electron chi connectivity index (χ4n) is 6.91. The minimum absolute atomic E-state index is 0.291. The van der Waals surface area contributed by atoms with Crippen LogP contribution in [0.5, 0.6) is 0 Å². The molecule has 0 unspecified atom stereocenters. The molecule has 0 amide bonds. The van der Waals surface area contributed by atoms with Crippen molar-refractivity contribution in [1.82, 2.24) is 0 Å². The average molecular weight is 431 g/mol. The van der Waals surface area contributed by atoms with Crippen molar-refractivity contribution in [3.05, 3.63) is 35.5 Å². The quantitative estimate of drug-likeness (QED) is 0.534. The monoisotopic (exact) mass is 430 g/mol. The molecule has 174 valence electrons. The van der Waals surface area contributed by atoms with Gasteiger partial charge in [-0.2, -0.15) is 0 Å². The minimum Gasteiger partial charge on any atom is -0.393 e. The molecule has 0 aromatic carbocycles. The highest BCUT2D eigenvalue weighted by Gasteiger charge is 2.51. The first-order valence-corrected chi connectivity index (χ1v) is 12.4. The van der Waals surface area contributed by atoms with Gasteiger partial charge in [-0.3, -0.25) is 0 Å². The zero-order chi connectivity index (χ0) is 22.4. The number of ether oxygens (including phenoxy) is 1. The molecule has 3 N–H and O–H groups in total. The highest BCUT2D eigenvalue weighted by Crippen LogP contribution is 2.60. The summed E-state index contributed by atoms with van der Waals surface area (Å²) >= 11 is 0. The maximum atomic E-state index is 10.4. The van der Waals surface area contributed by atoms with E-state index in [1.54, 1.807) is 0 Å². The van der Waals surface area contributed by atoms with Crippen molar-refractivity contribution in [3.63, 3.8) is 0 Å². The van der Waals surface area contributed by atoms with Crippen molar-refractivity contribution in [3.8, 4) is 0 Å². The first-order valence-electron chi connectivity index (χ1n) is 12.4. The molecule has 4 fully saturated rings. The molecule has 1 heterocycles. The molecule has 4 aliphatic rings. The Kier molecular flexibility index (Phi) is 6.58. The molecule has 0 spiro atoms. The highest BCUT2D eigenvalue weighted by molar-refractivity contribution is 5.38. The van der Waals surface area contributed by atoms with E-state index in [1.165, 1.54) is 31.3 Å². The van der Waals surface area contributed by atoms with Crippen LogP contribution in [0.4, 0.5) is 0 Å². The molecule has 3 aliphatic carbocycles. The predicted molar refractivity (Wildman–Crippen MR) is 123 cm³/mol. The lowest BCUT2D eigenvalue weighted by atomic mass is 9.60. The Labute approximate surface area is 188 Å². The maximum absolute atomic E-state index is 10.4. The van der Waals surface area contributed by atoms with E-state index in [0.717, 1.165) is 30.4 Å². The van der Waals surface area contributed by atoms with Crippen LogP contribution < -0.4 is 0 Å². The second-order valence-corrected chi connectivity index (χ2v) is 11.3. The van der Waals surface area contributed by atoms with E-state index >= 15 is 0 Å². The molecule has 4 rings (SSSR count). The van der Waals surface area contributed by atoms with E-state index in [4.69, 9.17) is 4.74 Å². The van der Waals surface area contributed by atoms with Crippen LogP contribution in [0.25, 0.3) is 0 Å². The summed E-state index contributed by atoms with van der Waals surface area (Å²) in [5.41, 5.74) is 3.34. The van der Waals surface area contributed by atoms with E-state index in [0.29, 0.717) is 42.6 Å². The van der Waals surface area contributed by atoms with E-state index < -0.39 is 12.2 Å². The number of allylic oxidation sites excluding steroid dienone is 3. The third-order valence-electron chi connectivity index (χ3n) is 9.19. The van der Waals surface area contributed by atoms with Crippen LogP contribution in [0.2, 0.25) is 0 Å². The molecule has 4 heteroatoms. The predicted octanol–water partition coefficient (Wildman–Crippen LogP) is 4.69. The maximum Gasteiger partial charge on any atom is 0.115 e. The van der Waals surface area contributed by atoms with Crippen LogP contribution in [-0.4, -0.2) is 45.8 Å². The summed E-state index contributed by atoms with van der Waals surface area (Å²) < 4.78 is 5.43. The summed E-state index contributed by atoms with van der Waals surface area (Å²) in [6.45, 7) is 11.6. The summed E-state index contributed by atoms with van der Waals surface area (Å²) in [4.78, 5) is 0. The Bertz CT molecular complexity index is 748. The van der Waals surface area contributed by atoms with Crippen molar-refractivity contribution < 1.29 is 20.1 Å². The lowest BCUT2D eigenvalue weighted by Crippen LogP contribution is -2.36. The fourth-order valence-corrected chi connectivity index (χ4v) is 6.91. The van der Waals surface area contributed by atoms with Crippen molar-refractivity contribution in [2.75, 3.05) is 6.61 Å². The van der Waals surface area contributed by atoms with Gasteiger partial charge >= 0.3 is 0 Å². The van der Waals surface area contributed by atoms with E-state index in [2.05, 4.69) is 32.6 Å². The average Bonchev–Trinajstić information content (AvgIpc) is 3.37. The van der Waals surface area contributed by atoms with Crippen LogP contribution in [0, 0.1) is 23.2 Å². The first kappa shape index (κ1) is 23.2. The molecule has 31 heavy (non-hydrogen) atoms. The molecule has 1 saturated heterocycles. The van der Waals surface area contributed by atoms with Gasteiger partial charge in [0.15, 0.2) is 0 Å². The van der Waals surface area contributed by atoms with E-state index in [9.17, 15) is 15.3 Å². The summed E-state index contributed by atoms with van der Waals surface area (Å²) in [5.74, 6) is 1.92. The number of hydrogen-bond donors (Lipinski definition) is 3. The third kappa shape index (κ3) is 4.59. The van der Waals surface area contributed by atoms with Crippen LogP contribution in [-0.2, 0) is 4.74 Å². The van der Waals surface area contributed by atoms with Gasteiger partial charge in [0.25, 0.3) is 0 Å². The Morgan fingerprint density at radius 1 is 1.19 bits per heavy atom. The normalized spacial score (nSPS) is 45.0. The van der Waals surface area contributed by atoms with Gasteiger partial charge in [0.05, 0.1) is 24.9 Å². The van der Waals surface area contributed by atoms with Gasteiger partial charge < -0.3 is 20.1 Å². The van der Waals surface area contributed by atoms with Gasteiger partial charge in [-0.05, 0) is 92.6 Å². The SMILES string of the molecule is C=C1/C(=C/C=C2\CCC[C@]3(C)[C@@H]([C@H](C)CC[C@H](O)[C@]4(C)CO4)CC[C@@H]23)C[C@@H](O)C[C@@H]1O. The Hall–Kier alpha value is -0.940. The van der Waals surface area contributed by atoms with Crippen LogP contribution >= 0.6 is 0 Å². The van der Waals surface area contributed by atoms with Gasteiger partial charge in [0, 0.05) is 6.42 Å². The standard InChI is InChI=1S/C27H42O4/c1-17(7-12-25(30)27(4)16-31-27)22-10-11-23-19(6-5-13-26(22,23)3)8-9-20-14-21(28)15-24(29)18(20)2/h8-9,17,21-25,28-30H,2,5-7,10-16H2,1,3-4H3/b19-8+,20-9+/t17-,21-,22-,23+,24+,25+,26-,27+/m1/s1. The molecule has 0 aromatic rings. The summed E-state index contributed by atoms with van der Waals surface area (Å²) in [7, 11) is 0. The molecular formula is C27H42O4. The highest BCUT2D eigenvalue weighted by atomic mass is 16.6. The zero-order valence-corrected chi connectivity index (χ0v) is 19.6. The Morgan fingerprint density at radius 3 is 2.65 bits per heavy atom. The lowest BCUT2D eigenvalue weighted by molar-refractivity contribution is 0.0546. The smallest absolute Gasteiger partial charge is 0.115 e. The molecule has 4 nitrogen and oxygen atoms in total. The van der Waals surface area contributed by atoms with Gasteiger partial charge in [0.1, 0.15) is 5.60 Å². The molecular weight excluding hydrogens is 388 g/mol. The number of hydrogen-bond acceptors (Lipinski definition) is 4. The van der Waals surface area contributed by atoms with Crippen LogP contribution in [0.15, 0.2) is 35.5 Å². The number of rotatable bonds is 6. The number of aliphatic hydroxyl groups is 3. The van der Waals surface area contributed by atoms with Gasteiger partial charge in [-0.25, -0.2) is 0 Å². The molecule has 8 atom stereocenters. The third-order valence-corrected chi connectivity index (χ3v) is 9.19. The largest absolute Gasteiger partial charge is 0.393 e. The second kappa shape index (κ2) is 8.78. The van der Waals surface area contributed by atoms with E-state index in [-0.39, 0.29) is 11.7 Å². The second-order valence-electron chi connectivity index (χ2n) is 11.3. The molecule has 0 aromatic heterocycles. The number of fused-ring (bicyclic) bond motifs is 1. The van der Waals surface area contributed by atoms with Crippen molar-refractivity contribution in [2.45, 2.75) is 102 Å². The molecule has 0 bridgehead atoms. The summed E-state index contributed by atoms with van der Waals surface area (Å²) in [6, 6.07) is 0. The van der Waals surface area contributed by atoms with Crippen LogP contribution in [0.1, 0.15) is 78.6 Å². The number of aliphatic hydroxyl groups excluding tert-OH is 3. The van der Waals surface area contributed by atoms with Crippen molar-refractivity contribution >= 4 is 0 Å². The molecule has 0 radical (unpaired) electrons. The summed E-state index contributed by atoms with van der Waals surface area (Å²) in [6.07, 6.45) is 12.0. The van der Waals surface area contributed by atoms with Crippen molar-refractivity contribution in [1.29, 1.82) is 0 Å². The summed E-state index contributed by atoms with van der Waals surface area (Å²) in [5, 5.41) is 30.6. The lowest BCUT2D eigenvalue weighted by Gasteiger charge is -2.44. The Morgan fingerprint density at radius 2 is 1.94 bits per heavy atom. The van der Waals surface area contributed by atoms with Crippen molar-refractivity contribution in [2.24, 2.45) is 23.2 Å². The van der Waals surface area contributed by atoms with E-state index in [1.807, 2.05) is 6.92 Å². The van der Waals surface area contributed by atoms with Crippen LogP contribution in [0.3, 0.4) is 0 Å². The number of epoxide rings is 1.